The number of nitrogens with one attached hydrogen (secondary N) is 1. The van der Waals surface area contributed by atoms with Gasteiger partial charge in [-0.25, -0.2) is 0 Å². The maximum Gasteiger partial charge on any atom is 0.0509 e. The van der Waals surface area contributed by atoms with Crippen LogP contribution in [0, 0.1) is 11.8 Å². The van der Waals surface area contributed by atoms with E-state index in [1.54, 1.807) is 0 Å². The topological polar surface area (TPSA) is 30.5 Å². The largest absolute Gasteiger partial charge is 0.381 e. The maximum atomic E-state index is 5.60. The van der Waals surface area contributed by atoms with Crippen molar-refractivity contribution in [3.8, 4) is 0 Å². The quantitative estimate of drug-likeness (QED) is 0.777. The Morgan fingerprint density at radius 1 is 1.19 bits per heavy atom. The SMILES string of the molecule is CCNC(CC1CCOC1)C1CCCOC1. The van der Waals surface area contributed by atoms with Crippen LogP contribution in [0.2, 0.25) is 0 Å². The van der Waals surface area contributed by atoms with E-state index >= 15 is 0 Å². The first kappa shape index (κ1) is 12.3. The van der Waals surface area contributed by atoms with E-state index in [0.29, 0.717) is 12.0 Å². The van der Waals surface area contributed by atoms with E-state index < -0.39 is 0 Å². The molecule has 3 nitrogen and oxygen atoms in total. The molecule has 0 aromatic carbocycles. The molecule has 0 aliphatic carbocycles. The molecule has 3 heteroatoms. The molecule has 2 rings (SSSR count). The molecule has 0 bridgehead atoms. The third-order valence-electron chi connectivity index (χ3n) is 3.84. The summed E-state index contributed by atoms with van der Waals surface area (Å²) in [7, 11) is 0. The minimum absolute atomic E-state index is 0.636. The van der Waals surface area contributed by atoms with E-state index in [2.05, 4.69) is 12.2 Å². The Morgan fingerprint density at radius 3 is 2.69 bits per heavy atom. The predicted octanol–water partition coefficient (Wildman–Crippen LogP) is 1.82. The van der Waals surface area contributed by atoms with E-state index in [1.165, 1.54) is 25.7 Å². The number of hydrogen-bond acceptors (Lipinski definition) is 3. The molecule has 1 N–H and O–H groups in total. The highest BCUT2D eigenvalue weighted by molar-refractivity contribution is 4.81. The Labute approximate surface area is 98.9 Å². The zero-order chi connectivity index (χ0) is 11.2. The van der Waals surface area contributed by atoms with Gasteiger partial charge in [-0.05, 0) is 44.1 Å². The first-order valence-corrected chi connectivity index (χ1v) is 6.79. The van der Waals surface area contributed by atoms with E-state index in [4.69, 9.17) is 9.47 Å². The molecule has 2 heterocycles. The molecule has 94 valence electrons. The summed E-state index contributed by atoms with van der Waals surface area (Å²) in [4.78, 5) is 0. The average molecular weight is 227 g/mol. The van der Waals surface area contributed by atoms with Gasteiger partial charge in [0.05, 0.1) is 6.61 Å². The van der Waals surface area contributed by atoms with Gasteiger partial charge < -0.3 is 14.8 Å². The molecule has 2 aliphatic rings. The van der Waals surface area contributed by atoms with Crippen LogP contribution >= 0.6 is 0 Å². The van der Waals surface area contributed by atoms with Crippen molar-refractivity contribution in [2.24, 2.45) is 11.8 Å². The van der Waals surface area contributed by atoms with Crippen molar-refractivity contribution >= 4 is 0 Å². The molecular weight excluding hydrogens is 202 g/mol. The molecule has 2 saturated heterocycles. The second-order valence-corrected chi connectivity index (χ2v) is 5.11. The first-order valence-electron chi connectivity index (χ1n) is 6.79. The molecule has 16 heavy (non-hydrogen) atoms. The van der Waals surface area contributed by atoms with Crippen molar-refractivity contribution in [3.63, 3.8) is 0 Å². The van der Waals surface area contributed by atoms with Gasteiger partial charge in [-0.1, -0.05) is 6.92 Å². The highest BCUT2D eigenvalue weighted by Gasteiger charge is 2.27. The third kappa shape index (κ3) is 3.44. The van der Waals surface area contributed by atoms with Crippen LogP contribution in [0.5, 0.6) is 0 Å². The van der Waals surface area contributed by atoms with E-state index in [0.717, 1.165) is 38.9 Å². The predicted molar refractivity (Wildman–Crippen MR) is 64.6 cm³/mol. The molecule has 2 fully saturated rings. The summed E-state index contributed by atoms with van der Waals surface area (Å²) >= 11 is 0. The average Bonchev–Trinajstić information content (AvgIpc) is 2.83. The van der Waals surface area contributed by atoms with Crippen LogP contribution in [0.1, 0.15) is 32.6 Å². The van der Waals surface area contributed by atoms with Crippen LogP contribution in [0.25, 0.3) is 0 Å². The minimum Gasteiger partial charge on any atom is -0.381 e. The Balaban J connectivity index is 1.82. The summed E-state index contributed by atoms with van der Waals surface area (Å²) in [6, 6.07) is 0.636. The second kappa shape index (κ2) is 6.58. The molecule has 3 atom stereocenters. The second-order valence-electron chi connectivity index (χ2n) is 5.11. The van der Waals surface area contributed by atoms with Gasteiger partial charge in [-0.2, -0.15) is 0 Å². The summed E-state index contributed by atoms with van der Waals surface area (Å²) < 4.78 is 11.1. The Hall–Kier alpha value is -0.120. The molecule has 0 amide bonds. The molecule has 0 radical (unpaired) electrons. The van der Waals surface area contributed by atoms with Gasteiger partial charge in [-0.15, -0.1) is 0 Å². The fourth-order valence-electron chi connectivity index (χ4n) is 2.92. The number of ether oxygens (including phenoxy) is 2. The smallest absolute Gasteiger partial charge is 0.0509 e. The third-order valence-corrected chi connectivity index (χ3v) is 3.84. The van der Waals surface area contributed by atoms with Crippen molar-refractivity contribution in [2.45, 2.75) is 38.6 Å². The van der Waals surface area contributed by atoms with Crippen LogP contribution in [-0.2, 0) is 9.47 Å². The van der Waals surface area contributed by atoms with Gasteiger partial charge in [-0.3, -0.25) is 0 Å². The van der Waals surface area contributed by atoms with Crippen molar-refractivity contribution in [1.82, 2.24) is 5.32 Å². The fraction of sp³-hybridized carbons (Fsp3) is 1.00. The number of hydrogen-bond donors (Lipinski definition) is 1. The lowest BCUT2D eigenvalue weighted by Crippen LogP contribution is -2.41. The van der Waals surface area contributed by atoms with Crippen molar-refractivity contribution in [1.29, 1.82) is 0 Å². The molecule has 0 saturated carbocycles. The van der Waals surface area contributed by atoms with Crippen LogP contribution in [0.4, 0.5) is 0 Å². The van der Waals surface area contributed by atoms with Gasteiger partial charge in [0, 0.05) is 25.9 Å². The summed E-state index contributed by atoms with van der Waals surface area (Å²) in [6.07, 6.45) is 5.07. The highest BCUT2D eigenvalue weighted by Crippen LogP contribution is 2.25. The van der Waals surface area contributed by atoms with E-state index in [1.807, 2.05) is 0 Å². The first-order chi connectivity index (χ1) is 7.90. The van der Waals surface area contributed by atoms with Gasteiger partial charge in [0.1, 0.15) is 0 Å². The van der Waals surface area contributed by atoms with Gasteiger partial charge in [0.15, 0.2) is 0 Å². The fourth-order valence-corrected chi connectivity index (χ4v) is 2.92. The number of rotatable bonds is 5. The summed E-state index contributed by atoms with van der Waals surface area (Å²) in [5, 5.41) is 3.64. The molecule has 0 aromatic heterocycles. The van der Waals surface area contributed by atoms with E-state index in [9.17, 15) is 0 Å². The van der Waals surface area contributed by atoms with Crippen LogP contribution in [0.3, 0.4) is 0 Å². The van der Waals surface area contributed by atoms with Crippen LogP contribution in [-0.4, -0.2) is 39.0 Å². The maximum absolute atomic E-state index is 5.60. The van der Waals surface area contributed by atoms with Gasteiger partial charge in [0.25, 0.3) is 0 Å². The Morgan fingerprint density at radius 2 is 2.06 bits per heavy atom. The van der Waals surface area contributed by atoms with Crippen LogP contribution in [0.15, 0.2) is 0 Å². The summed E-state index contributed by atoms with van der Waals surface area (Å²) in [6.45, 7) is 7.10. The lowest BCUT2D eigenvalue weighted by molar-refractivity contribution is 0.0350. The van der Waals surface area contributed by atoms with Crippen molar-refractivity contribution in [2.75, 3.05) is 33.0 Å². The van der Waals surface area contributed by atoms with Gasteiger partial charge >= 0.3 is 0 Å². The molecule has 3 unspecified atom stereocenters. The van der Waals surface area contributed by atoms with E-state index in [-0.39, 0.29) is 0 Å². The lowest BCUT2D eigenvalue weighted by Gasteiger charge is -2.32. The molecular formula is C13H25NO2. The molecule has 2 aliphatic heterocycles. The zero-order valence-corrected chi connectivity index (χ0v) is 10.4. The molecule has 0 spiro atoms. The Kier molecular flexibility index (Phi) is 5.07. The normalized spacial score (nSPS) is 32.8. The van der Waals surface area contributed by atoms with Crippen molar-refractivity contribution in [3.05, 3.63) is 0 Å². The van der Waals surface area contributed by atoms with Crippen molar-refractivity contribution < 1.29 is 9.47 Å². The summed E-state index contributed by atoms with van der Waals surface area (Å²) in [5.74, 6) is 1.49. The monoisotopic (exact) mass is 227 g/mol. The standard InChI is InChI=1S/C13H25NO2/c1-2-14-13(8-11-5-7-16-9-11)12-4-3-6-15-10-12/h11-14H,2-10H2,1H3. The highest BCUT2D eigenvalue weighted by atomic mass is 16.5. The summed E-state index contributed by atoms with van der Waals surface area (Å²) in [5.41, 5.74) is 0. The Bertz CT molecular complexity index is 186. The zero-order valence-electron chi connectivity index (χ0n) is 10.4. The van der Waals surface area contributed by atoms with Crippen LogP contribution < -0.4 is 5.32 Å². The lowest BCUT2D eigenvalue weighted by atomic mass is 9.86. The molecule has 0 aromatic rings. The minimum atomic E-state index is 0.636. The van der Waals surface area contributed by atoms with Gasteiger partial charge in [0.2, 0.25) is 0 Å².